The van der Waals surface area contributed by atoms with Gasteiger partial charge in [-0.25, -0.2) is 10.8 Å². The number of hydrazine groups is 1. The summed E-state index contributed by atoms with van der Waals surface area (Å²) in [6.45, 7) is 0. The number of nitrogens with zero attached hydrogens (tertiary/aromatic N) is 2. The summed E-state index contributed by atoms with van der Waals surface area (Å²) in [7, 11) is 0. The van der Waals surface area contributed by atoms with Crippen LogP contribution in [0.5, 0.6) is 0 Å². The number of amides is 1. The van der Waals surface area contributed by atoms with E-state index >= 15 is 0 Å². The summed E-state index contributed by atoms with van der Waals surface area (Å²) in [4.78, 5) is 16.0. The van der Waals surface area contributed by atoms with E-state index in [2.05, 4.69) is 31.7 Å². The van der Waals surface area contributed by atoms with Gasteiger partial charge >= 0.3 is 0 Å². The summed E-state index contributed by atoms with van der Waals surface area (Å²) in [5, 5.41) is 11.5. The Morgan fingerprint density at radius 2 is 2.15 bits per heavy atom. The maximum Gasteiger partial charge on any atom is 0.257 e. The summed E-state index contributed by atoms with van der Waals surface area (Å²) >= 11 is 3.30. The Hall–Kier alpha value is -2.43. The van der Waals surface area contributed by atoms with Gasteiger partial charge in [0.15, 0.2) is 0 Å². The van der Waals surface area contributed by atoms with E-state index in [1.807, 2.05) is 6.07 Å². The van der Waals surface area contributed by atoms with Crippen molar-refractivity contribution in [3.05, 3.63) is 52.1 Å². The molecule has 100 valence electrons. The number of pyridine rings is 1. The lowest BCUT2D eigenvalue weighted by molar-refractivity contribution is 0.102. The third-order valence-electron chi connectivity index (χ3n) is 2.52. The Morgan fingerprint density at radius 1 is 1.35 bits per heavy atom. The van der Waals surface area contributed by atoms with Crippen LogP contribution < -0.4 is 16.6 Å². The van der Waals surface area contributed by atoms with Crippen LogP contribution in [0, 0.1) is 11.3 Å². The molecule has 0 fully saturated rings. The predicted molar refractivity (Wildman–Crippen MR) is 78.9 cm³/mol. The minimum Gasteiger partial charge on any atom is -0.321 e. The summed E-state index contributed by atoms with van der Waals surface area (Å²) in [6, 6.07) is 10.1. The van der Waals surface area contributed by atoms with Gasteiger partial charge in [0.05, 0.1) is 22.9 Å². The van der Waals surface area contributed by atoms with E-state index in [4.69, 9.17) is 11.1 Å². The van der Waals surface area contributed by atoms with Crippen molar-refractivity contribution in [1.29, 1.82) is 5.26 Å². The molecule has 1 heterocycles. The molecular weight excluding hydrogens is 322 g/mol. The van der Waals surface area contributed by atoms with Crippen molar-refractivity contribution in [2.24, 2.45) is 5.84 Å². The average molecular weight is 332 g/mol. The third kappa shape index (κ3) is 3.12. The fourth-order valence-corrected chi connectivity index (χ4v) is 1.97. The molecular formula is C13H10BrN5O. The van der Waals surface area contributed by atoms with Crippen LogP contribution >= 0.6 is 15.9 Å². The second kappa shape index (κ2) is 6.14. The first-order chi connectivity index (χ1) is 9.63. The zero-order chi connectivity index (χ0) is 14.5. The maximum absolute atomic E-state index is 12.0. The number of nitriles is 1. The van der Waals surface area contributed by atoms with Crippen molar-refractivity contribution >= 4 is 33.3 Å². The van der Waals surface area contributed by atoms with Gasteiger partial charge in [0.2, 0.25) is 0 Å². The molecule has 0 saturated carbocycles. The second-order valence-corrected chi connectivity index (χ2v) is 4.69. The van der Waals surface area contributed by atoms with Gasteiger partial charge in [-0.3, -0.25) is 4.79 Å². The van der Waals surface area contributed by atoms with E-state index < -0.39 is 0 Å². The van der Waals surface area contributed by atoms with Gasteiger partial charge in [-0.1, -0.05) is 0 Å². The van der Waals surface area contributed by atoms with E-state index in [0.717, 1.165) is 0 Å². The number of rotatable bonds is 3. The van der Waals surface area contributed by atoms with Crippen LogP contribution in [0.15, 0.2) is 41.0 Å². The van der Waals surface area contributed by atoms with E-state index in [0.29, 0.717) is 27.1 Å². The van der Waals surface area contributed by atoms with Crippen LogP contribution in [0.1, 0.15) is 15.9 Å². The summed E-state index contributed by atoms with van der Waals surface area (Å²) in [5.41, 5.74) is 3.87. The first-order valence-corrected chi connectivity index (χ1v) is 6.37. The summed E-state index contributed by atoms with van der Waals surface area (Å²) < 4.78 is 0.637. The quantitative estimate of drug-likeness (QED) is 0.591. The smallest absolute Gasteiger partial charge is 0.257 e. The van der Waals surface area contributed by atoms with Gasteiger partial charge in [0, 0.05) is 10.7 Å². The molecule has 0 aliphatic carbocycles. The van der Waals surface area contributed by atoms with Gasteiger partial charge in [-0.15, -0.1) is 0 Å². The normalized spacial score (nSPS) is 9.65. The highest BCUT2D eigenvalue weighted by Gasteiger charge is 2.09. The number of nitrogens with two attached hydrogens (primary N) is 1. The van der Waals surface area contributed by atoms with Crippen LogP contribution in [0.4, 0.5) is 11.5 Å². The zero-order valence-electron chi connectivity index (χ0n) is 10.2. The number of anilines is 2. The fourth-order valence-electron chi connectivity index (χ4n) is 1.49. The van der Waals surface area contributed by atoms with Gasteiger partial charge < -0.3 is 10.7 Å². The lowest BCUT2D eigenvalue weighted by atomic mass is 10.2. The number of nitrogen functional groups attached to an aromatic ring is 1. The highest BCUT2D eigenvalue weighted by atomic mass is 79.9. The molecule has 4 N–H and O–H groups in total. The van der Waals surface area contributed by atoms with Crippen molar-refractivity contribution in [2.45, 2.75) is 0 Å². The molecule has 6 nitrogen and oxygen atoms in total. The van der Waals surface area contributed by atoms with Crippen LogP contribution in [-0.4, -0.2) is 10.9 Å². The molecule has 1 aromatic heterocycles. The molecule has 0 aliphatic heterocycles. The fraction of sp³-hybridized carbons (Fsp3) is 0. The molecule has 0 radical (unpaired) electrons. The van der Waals surface area contributed by atoms with Crippen molar-refractivity contribution in [1.82, 2.24) is 4.98 Å². The van der Waals surface area contributed by atoms with Crippen LogP contribution in [0.3, 0.4) is 0 Å². The van der Waals surface area contributed by atoms with E-state index in [1.54, 1.807) is 30.3 Å². The number of hydrogen-bond acceptors (Lipinski definition) is 5. The van der Waals surface area contributed by atoms with E-state index in [-0.39, 0.29) is 5.91 Å². The molecule has 2 aromatic rings. The topological polar surface area (TPSA) is 104 Å². The molecule has 0 aliphatic rings. The van der Waals surface area contributed by atoms with E-state index in [1.165, 1.54) is 6.20 Å². The predicted octanol–water partition coefficient (Wildman–Crippen LogP) is 2.25. The summed E-state index contributed by atoms with van der Waals surface area (Å²) in [5.74, 6) is 5.37. The number of aromatic nitrogens is 1. The van der Waals surface area contributed by atoms with Gasteiger partial charge in [-0.2, -0.15) is 5.26 Å². The highest BCUT2D eigenvalue weighted by Crippen LogP contribution is 2.24. The number of carbonyl (C=O) groups excluding carboxylic acids is 1. The molecule has 0 spiro atoms. The highest BCUT2D eigenvalue weighted by molar-refractivity contribution is 9.10. The van der Waals surface area contributed by atoms with Crippen molar-refractivity contribution in [3.8, 4) is 6.07 Å². The molecule has 0 saturated heterocycles. The van der Waals surface area contributed by atoms with Crippen molar-refractivity contribution in [3.63, 3.8) is 0 Å². The Kier molecular flexibility index (Phi) is 4.30. The van der Waals surface area contributed by atoms with Crippen LogP contribution in [0.25, 0.3) is 0 Å². The lowest BCUT2D eigenvalue weighted by Gasteiger charge is -2.08. The number of hydrogen-bond donors (Lipinski definition) is 3. The number of nitrogens with one attached hydrogen (secondary N) is 2. The molecule has 0 atom stereocenters. The number of carbonyl (C=O) groups is 1. The molecule has 7 heteroatoms. The van der Waals surface area contributed by atoms with Crippen LogP contribution in [0.2, 0.25) is 0 Å². The Morgan fingerprint density at radius 3 is 2.70 bits per heavy atom. The molecule has 1 amide bonds. The van der Waals surface area contributed by atoms with E-state index in [9.17, 15) is 4.79 Å². The Bertz CT molecular complexity index is 678. The SMILES string of the molecule is N#Cc1ccc(NC(=O)c2ccc(NN)nc2)c(Br)c1. The van der Waals surface area contributed by atoms with Gasteiger partial charge in [0.25, 0.3) is 5.91 Å². The molecule has 20 heavy (non-hydrogen) atoms. The maximum atomic E-state index is 12.0. The number of benzene rings is 1. The molecule has 2 rings (SSSR count). The molecule has 0 unspecified atom stereocenters. The van der Waals surface area contributed by atoms with Crippen LogP contribution in [-0.2, 0) is 0 Å². The Labute approximate surface area is 123 Å². The summed E-state index contributed by atoms with van der Waals surface area (Å²) in [6.07, 6.45) is 1.42. The van der Waals surface area contributed by atoms with Gasteiger partial charge in [-0.05, 0) is 46.3 Å². The standard InChI is InChI=1S/C13H10BrN5O/c14-10-5-8(6-15)1-3-11(10)18-13(20)9-2-4-12(19-16)17-7-9/h1-5,7H,16H2,(H,17,19)(H,18,20). The van der Waals surface area contributed by atoms with Gasteiger partial charge in [0.1, 0.15) is 5.82 Å². The third-order valence-corrected chi connectivity index (χ3v) is 3.18. The number of halogens is 1. The average Bonchev–Trinajstić information content (AvgIpc) is 2.49. The molecule has 0 bridgehead atoms. The zero-order valence-corrected chi connectivity index (χ0v) is 11.8. The minimum atomic E-state index is -0.300. The first kappa shape index (κ1) is 14.0. The minimum absolute atomic E-state index is 0.300. The first-order valence-electron chi connectivity index (χ1n) is 5.57. The van der Waals surface area contributed by atoms with Crippen molar-refractivity contribution in [2.75, 3.05) is 10.7 Å². The lowest BCUT2D eigenvalue weighted by Crippen LogP contribution is -2.14. The monoisotopic (exact) mass is 331 g/mol. The second-order valence-electron chi connectivity index (χ2n) is 3.84. The molecule has 1 aromatic carbocycles. The van der Waals surface area contributed by atoms with Crippen molar-refractivity contribution < 1.29 is 4.79 Å². The Balaban J connectivity index is 2.17. The largest absolute Gasteiger partial charge is 0.321 e.